The molecule has 0 aromatic carbocycles. The summed E-state index contributed by atoms with van der Waals surface area (Å²) in [5.41, 5.74) is 0. The van der Waals surface area contributed by atoms with Crippen LogP contribution in [0.25, 0.3) is 0 Å². The lowest BCUT2D eigenvalue weighted by molar-refractivity contribution is -0.165. The maximum atomic E-state index is 11.3. The van der Waals surface area contributed by atoms with Crippen LogP contribution < -0.4 is 0 Å². The summed E-state index contributed by atoms with van der Waals surface area (Å²) in [6.45, 7) is 13.2. The average molecular weight is 384 g/mol. The lowest BCUT2D eigenvalue weighted by atomic mass is 9.76. The number of aliphatic hydroxyl groups excluding tert-OH is 2. The third kappa shape index (κ3) is 3.95. The second kappa shape index (κ2) is 8.27. The van der Waals surface area contributed by atoms with Gasteiger partial charge >= 0.3 is 0 Å². The van der Waals surface area contributed by atoms with Gasteiger partial charge in [0.2, 0.25) is 0 Å². The molecule has 0 amide bonds. The molecule has 0 aromatic heterocycles. The molecule has 2 N–H and O–H groups in total. The molecular weight excluding hydrogens is 342 g/mol. The first-order chi connectivity index (χ1) is 12.7. The highest BCUT2D eigenvalue weighted by molar-refractivity contribution is 5.03. The van der Waals surface area contributed by atoms with Crippen molar-refractivity contribution in [1.29, 1.82) is 0 Å². The van der Waals surface area contributed by atoms with Crippen LogP contribution >= 0.6 is 0 Å². The molecule has 8 atom stereocenters. The fraction of sp³-hybridized carbons (Fsp3) is 1.00. The molecule has 0 radical (unpaired) electrons. The standard InChI is InChI=1S/C22H41NO4/c1-7-10-22(6)26-17-9-8-15(11-18(17)27-22)23-16(12-24)19(13(2)3)20(14(4)5)21(23)25/h13-21,24-25H,7-12H2,1-6H3. The zero-order chi connectivity index (χ0) is 19.9. The summed E-state index contributed by atoms with van der Waals surface area (Å²) in [4.78, 5) is 2.24. The van der Waals surface area contributed by atoms with Crippen LogP contribution in [0.4, 0.5) is 0 Å². The smallest absolute Gasteiger partial charge is 0.166 e. The van der Waals surface area contributed by atoms with E-state index in [0.29, 0.717) is 17.8 Å². The first-order valence-electron chi connectivity index (χ1n) is 11.1. The van der Waals surface area contributed by atoms with Crippen molar-refractivity contribution in [1.82, 2.24) is 4.90 Å². The molecule has 2 aliphatic heterocycles. The lowest BCUT2D eigenvalue weighted by Gasteiger charge is -2.40. The average Bonchev–Trinajstić information content (AvgIpc) is 3.07. The van der Waals surface area contributed by atoms with Crippen molar-refractivity contribution < 1.29 is 19.7 Å². The number of fused-ring (bicyclic) bond motifs is 1. The molecule has 0 bridgehead atoms. The van der Waals surface area contributed by atoms with Gasteiger partial charge in [-0.25, -0.2) is 0 Å². The van der Waals surface area contributed by atoms with E-state index < -0.39 is 12.0 Å². The molecule has 2 heterocycles. The van der Waals surface area contributed by atoms with Crippen LogP contribution in [0.2, 0.25) is 0 Å². The number of ether oxygens (including phenoxy) is 2. The molecule has 3 aliphatic rings. The van der Waals surface area contributed by atoms with E-state index in [2.05, 4.69) is 46.4 Å². The molecule has 5 heteroatoms. The quantitative estimate of drug-likeness (QED) is 0.736. The highest BCUT2D eigenvalue weighted by Gasteiger charge is 2.55. The molecule has 2 saturated heterocycles. The maximum absolute atomic E-state index is 11.3. The third-order valence-corrected chi connectivity index (χ3v) is 7.28. The van der Waals surface area contributed by atoms with Gasteiger partial charge in [0.05, 0.1) is 18.8 Å². The van der Waals surface area contributed by atoms with Crippen molar-refractivity contribution in [3.8, 4) is 0 Å². The fourth-order valence-corrected chi connectivity index (χ4v) is 6.28. The van der Waals surface area contributed by atoms with Crippen LogP contribution in [0.5, 0.6) is 0 Å². The third-order valence-electron chi connectivity index (χ3n) is 7.28. The minimum atomic E-state index is -0.486. The Morgan fingerprint density at radius 1 is 1.04 bits per heavy atom. The highest BCUT2D eigenvalue weighted by atomic mass is 16.8. The Hall–Kier alpha value is -0.200. The van der Waals surface area contributed by atoms with Gasteiger partial charge in [0.15, 0.2) is 5.79 Å². The maximum Gasteiger partial charge on any atom is 0.166 e. The van der Waals surface area contributed by atoms with E-state index in [1.54, 1.807) is 0 Å². The fourth-order valence-electron chi connectivity index (χ4n) is 6.28. The van der Waals surface area contributed by atoms with Gasteiger partial charge in [0, 0.05) is 24.4 Å². The number of hydrogen-bond acceptors (Lipinski definition) is 5. The zero-order valence-electron chi connectivity index (χ0n) is 18.1. The number of rotatable bonds is 6. The van der Waals surface area contributed by atoms with E-state index in [4.69, 9.17) is 9.47 Å². The molecule has 1 saturated carbocycles. The first kappa shape index (κ1) is 21.5. The second-order valence-corrected chi connectivity index (χ2v) is 9.92. The van der Waals surface area contributed by atoms with Crippen LogP contribution in [0.15, 0.2) is 0 Å². The Morgan fingerprint density at radius 2 is 1.67 bits per heavy atom. The van der Waals surface area contributed by atoms with E-state index in [9.17, 15) is 10.2 Å². The summed E-state index contributed by atoms with van der Waals surface area (Å²) in [5.74, 6) is 0.880. The summed E-state index contributed by atoms with van der Waals surface area (Å²) in [5, 5.41) is 21.5. The molecule has 3 rings (SSSR count). The lowest BCUT2D eigenvalue weighted by Crippen LogP contribution is -2.51. The zero-order valence-corrected chi connectivity index (χ0v) is 18.1. The molecule has 1 aliphatic carbocycles. The van der Waals surface area contributed by atoms with Crippen molar-refractivity contribution in [3.63, 3.8) is 0 Å². The van der Waals surface area contributed by atoms with Crippen LogP contribution in [0.3, 0.4) is 0 Å². The molecule has 3 fully saturated rings. The Kier molecular flexibility index (Phi) is 6.59. The Balaban J connectivity index is 1.77. The second-order valence-electron chi connectivity index (χ2n) is 9.92. The van der Waals surface area contributed by atoms with E-state index in [0.717, 1.165) is 32.1 Å². The number of aliphatic hydroxyl groups is 2. The van der Waals surface area contributed by atoms with Crippen molar-refractivity contribution >= 4 is 0 Å². The molecule has 158 valence electrons. The van der Waals surface area contributed by atoms with Gasteiger partial charge < -0.3 is 19.7 Å². The molecular formula is C22H41NO4. The van der Waals surface area contributed by atoms with Crippen LogP contribution in [0, 0.1) is 23.7 Å². The summed E-state index contributed by atoms with van der Waals surface area (Å²) in [7, 11) is 0. The molecule has 27 heavy (non-hydrogen) atoms. The highest BCUT2D eigenvalue weighted by Crippen LogP contribution is 2.47. The molecule has 0 aromatic rings. The van der Waals surface area contributed by atoms with Gasteiger partial charge in [-0.3, -0.25) is 4.90 Å². The number of nitrogens with zero attached hydrogens (tertiary/aromatic N) is 1. The summed E-state index contributed by atoms with van der Waals surface area (Å²) in [6.07, 6.45) is 4.59. The summed E-state index contributed by atoms with van der Waals surface area (Å²) in [6, 6.07) is 0.272. The van der Waals surface area contributed by atoms with Gasteiger partial charge in [-0.15, -0.1) is 0 Å². The van der Waals surface area contributed by atoms with Gasteiger partial charge in [0.25, 0.3) is 0 Å². The van der Waals surface area contributed by atoms with Gasteiger partial charge in [-0.1, -0.05) is 41.0 Å². The largest absolute Gasteiger partial charge is 0.395 e. The van der Waals surface area contributed by atoms with Crippen molar-refractivity contribution in [2.75, 3.05) is 6.61 Å². The SMILES string of the molecule is CCCC1(C)OC2CCC(N3C(O)C(C(C)C)C(C(C)C)C3CO)CC2O1. The number of likely N-dealkylation sites (tertiary alicyclic amines) is 1. The van der Waals surface area contributed by atoms with Gasteiger partial charge in [-0.05, 0) is 43.9 Å². The summed E-state index contributed by atoms with van der Waals surface area (Å²) < 4.78 is 12.6. The Labute approximate surface area is 165 Å². The Morgan fingerprint density at radius 3 is 2.22 bits per heavy atom. The van der Waals surface area contributed by atoms with Crippen LogP contribution in [-0.4, -0.2) is 58.0 Å². The van der Waals surface area contributed by atoms with E-state index in [1.165, 1.54) is 0 Å². The van der Waals surface area contributed by atoms with Gasteiger partial charge in [-0.2, -0.15) is 0 Å². The van der Waals surface area contributed by atoms with E-state index in [1.807, 2.05) is 0 Å². The van der Waals surface area contributed by atoms with Crippen LogP contribution in [0.1, 0.15) is 73.6 Å². The van der Waals surface area contributed by atoms with E-state index >= 15 is 0 Å². The number of hydrogen-bond donors (Lipinski definition) is 2. The predicted molar refractivity (Wildman–Crippen MR) is 106 cm³/mol. The van der Waals surface area contributed by atoms with Crippen molar-refractivity contribution in [2.24, 2.45) is 23.7 Å². The minimum Gasteiger partial charge on any atom is -0.395 e. The predicted octanol–water partition coefficient (Wildman–Crippen LogP) is 3.38. The van der Waals surface area contributed by atoms with Crippen molar-refractivity contribution in [2.45, 2.75) is 110 Å². The summed E-state index contributed by atoms with van der Waals surface area (Å²) >= 11 is 0. The topological polar surface area (TPSA) is 62.2 Å². The Bertz CT molecular complexity index is 499. The van der Waals surface area contributed by atoms with Crippen LogP contribution in [-0.2, 0) is 9.47 Å². The van der Waals surface area contributed by atoms with E-state index in [-0.39, 0.29) is 36.8 Å². The first-order valence-corrected chi connectivity index (χ1v) is 11.1. The normalized spacial score (nSPS) is 45.8. The molecule has 8 unspecified atom stereocenters. The van der Waals surface area contributed by atoms with Crippen molar-refractivity contribution in [3.05, 3.63) is 0 Å². The molecule has 5 nitrogen and oxygen atoms in total. The minimum absolute atomic E-state index is 0.0262. The van der Waals surface area contributed by atoms with Gasteiger partial charge in [0.1, 0.15) is 6.23 Å². The monoisotopic (exact) mass is 383 g/mol. The molecule has 0 spiro atoms.